The molecule has 50 heavy (non-hydrogen) atoms. The van der Waals surface area contributed by atoms with Crippen LogP contribution in [0.3, 0.4) is 0 Å². The third kappa shape index (κ3) is 7.36. The first kappa shape index (κ1) is 34.6. The summed E-state index contributed by atoms with van der Waals surface area (Å²) in [4.78, 5) is 50.9. The highest BCUT2D eigenvalue weighted by atomic mass is 19.1. The van der Waals surface area contributed by atoms with Crippen LogP contribution < -0.4 is 10.6 Å². The minimum absolute atomic E-state index is 0.0106. The van der Waals surface area contributed by atoms with Gasteiger partial charge in [-0.15, -0.1) is 0 Å². The van der Waals surface area contributed by atoms with Gasteiger partial charge in [-0.1, -0.05) is 0 Å². The Morgan fingerprint density at radius 3 is 2.36 bits per heavy atom. The van der Waals surface area contributed by atoms with Crippen LogP contribution in [0.2, 0.25) is 0 Å². The fourth-order valence-corrected chi connectivity index (χ4v) is 6.12. The number of pyridine rings is 1. The van der Waals surface area contributed by atoms with Crippen LogP contribution in [0.4, 0.5) is 31.3 Å². The zero-order valence-corrected chi connectivity index (χ0v) is 29.8. The Morgan fingerprint density at radius 2 is 1.66 bits per heavy atom. The Labute approximate surface area is 289 Å². The number of anilines is 3. The molecule has 0 spiro atoms. The van der Waals surface area contributed by atoms with Crippen molar-refractivity contribution < 1.29 is 28.2 Å². The average Bonchev–Trinajstić information content (AvgIpc) is 3.55. The van der Waals surface area contributed by atoms with Crippen LogP contribution in [-0.2, 0) is 40.3 Å². The lowest BCUT2D eigenvalue weighted by Gasteiger charge is -2.31. The smallest absolute Gasteiger partial charge is 0.412 e. The van der Waals surface area contributed by atoms with E-state index in [0.29, 0.717) is 60.0 Å². The van der Waals surface area contributed by atoms with Crippen LogP contribution in [0.5, 0.6) is 0 Å². The van der Waals surface area contributed by atoms with Gasteiger partial charge in [0.05, 0.1) is 24.1 Å². The Morgan fingerprint density at radius 1 is 0.920 bits per heavy atom. The van der Waals surface area contributed by atoms with Crippen molar-refractivity contribution in [2.75, 3.05) is 23.7 Å². The van der Waals surface area contributed by atoms with E-state index in [0.717, 1.165) is 5.69 Å². The minimum atomic E-state index is -0.814. The lowest BCUT2D eigenvalue weighted by molar-refractivity contribution is -0.133. The highest BCUT2D eigenvalue weighted by Gasteiger charge is 2.30. The van der Waals surface area contributed by atoms with Crippen LogP contribution in [0, 0.1) is 5.82 Å². The molecule has 2 N–H and O–H groups in total. The van der Waals surface area contributed by atoms with Crippen molar-refractivity contribution in [3.05, 3.63) is 47.9 Å². The molecule has 1 aromatic carbocycles. The molecule has 266 valence electrons. The summed E-state index contributed by atoms with van der Waals surface area (Å²) >= 11 is 0. The monoisotopic (exact) mass is 689 g/mol. The van der Waals surface area contributed by atoms with Crippen LogP contribution >= 0.6 is 0 Å². The van der Waals surface area contributed by atoms with Crippen molar-refractivity contribution in [1.82, 2.24) is 34.1 Å². The Bertz CT molecular complexity index is 1970. The van der Waals surface area contributed by atoms with Gasteiger partial charge in [-0.25, -0.2) is 23.9 Å². The number of aromatic nitrogens is 5. The van der Waals surface area contributed by atoms with E-state index in [-0.39, 0.29) is 36.3 Å². The molecule has 2 aliphatic heterocycles. The van der Waals surface area contributed by atoms with E-state index in [1.54, 1.807) is 48.7 Å². The molecule has 0 saturated heterocycles. The number of fused-ring (bicyclic) bond motifs is 3. The number of carbonyl (C=O) groups excluding carboxylic acids is 3. The topological polar surface area (TPSA) is 149 Å². The first-order valence-corrected chi connectivity index (χ1v) is 16.7. The lowest BCUT2D eigenvalue weighted by Crippen LogP contribution is -2.41. The number of ether oxygens (including phenoxy) is 2. The number of hydrogen-bond acceptors (Lipinski definition) is 9. The predicted molar refractivity (Wildman–Crippen MR) is 185 cm³/mol. The summed E-state index contributed by atoms with van der Waals surface area (Å²) in [6.45, 7) is 16.2. The van der Waals surface area contributed by atoms with Crippen LogP contribution in [-0.4, -0.2) is 82.5 Å². The second kappa shape index (κ2) is 12.9. The normalized spacial score (nSPS) is 15.1. The quantitative estimate of drug-likeness (QED) is 0.255. The largest absolute Gasteiger partial charge is 0.444 e. The standard InChI is InChI=1S/C35H44FN9O5/c1-20(2)43-10-9-22-15-27(41-45(22)19-29(43)46)39-26-14-21-13-23(30(36)31(24(21)16-37-26)40-32(47)49-34(3,4)5)25-17-38-28-18-42(11-12-44(25)28)33(48)50-35(6,7)8/h13-17,20H,9-12,18-19H2,1-8H3,(H,40,47)(H,37,39,41). The van der Waals surface area contributed by atoms with Crippen LogP contribution in [0.1, 0.15) is 66.9 Å². The molecule has 3 amide bonds. The SMILES string of the molecule is CC(C)N1CCc2cc(Nc3cc4cc(-c5cnc6n5CCN(C(=O)OC(C)(C)C)C6)c(F)c(NC(=O)OC(C)(C)C)c4cn3)nn2CC1=O. The van der Waals surface area contributed by atoms with Crippen molar-refractivity contribution in [1.29, 1.82) is 0 Å². The number of halogens is 1. The second-order valence-electron chi connectivity index (χ2n) is 14.9. The van der Waals surface area contributed by atoms with Gasteiger partial charge in [0, 0.05) is 61.0 Å². The predicted octanol–water partition coefficient (Wildman–Crippen LogP) is 6.07. The van der Waals surface area contributed by atoms with E-state index in [1.807, 2.05) is 50.2 Å². The van der Waals surface area contributed by atoms with E-state index < -0.39 is 29.2 Å². The van der Waals surface area contributed by atoms with Gasteiger partial charge in [-0.2, -0.15) is 5.10 Å². The molecular weight excluding hydrogens is 645 g/mol. The molecule has 6 rings (SSSR count). The number of benzene rings is 1. The van der Waals surface area contributed by atoms with Crippen LogP contribution in [0.25, 0.3) is 22.0 Å². The summed E-state index contributed by atoms with van der Waals surface area (Å²) in [6, 6.07) is 5.43. The van der Waals surface area contributed by atoms with E-state index in [1.165, 1.54) is 6.20 Å². The molecule has 4 aromatic rings. The molecule has 5 heterocycles. The van der Waals surface area contributed by atoms with E-state index >= 15 is 4.39 Å². The van der Waals surface area contributed by atoms with Gasteiger partial charge in [0.15, 0.2) is 11.6 Å². The lowest BCUT2D eigenvalue weighted by atomic mass is 10.0. The highest BCUT2D eigenvalue weighted by molar-refractivity contribution is 6.03. The summed E-state index contributed by atoms with van der Waals surface area (Å²) in [5, 5.41) is 11.4. The van der Waals surface area contributed by atoms with Gasteiger partial charge < -0.3 is 24.3 Å². The summed E-state index contributed by atoms with van der Waals surface area (Å²) in [5.74, 6) is 0.860. The molecule has 3 aromatic heterocycles. The molecule has 15 heteroatoms. The molecule has 0 saturated carbocycles. The molecule has 0 aliphatic carbocycles. The second-order valence-corrected chi connectivity index (χ2v) is 14.9. The van der Waals surface area contributed by atoms with Crippen molar-refractivity contribution in [2.24, 2.45) is 0 Å². The zero-order valence-electron chi connectivity index (χ0n) is 29.8. The van der Waals surface area contributed by atoms with Gasteiger partial charge >= 0.3 is 12.2 Å². The molecular formula is C35H44FN9O5. The number of nitrogens with one attached hydrogen (secondary N) is 2. The van der Waals surface area contributed by atoms with Gasteiger partial charge in [-0.3, -0.25) is 19.7 Å². The summed E-state index contributed by atoms with van der Waals surface area (Å²) in [7, 11) is 0. The Kier molecular flexibility index (Phi) is 8.95. The van der Waals surface area contributed by atoms with E-state index in [9.17, 15) is 14.4 Å². The Balaban J connectivity index is 1.34. The number of hydrogen-bond donors (Lipinski definition) is 2. The summed E-state index contributed by atoms with van der Waals surface area (Å²) in [6.07, 6.45) is 2.45. The fourth-order valence-electron chi connectivity index (χ4n) is 6.12. The molecule has 14 nitrogen and oxygen atoms in total. The molecule has 0 fully saturated rings. The Hall–Kier alpha value is -5.21. The zero-order chi connectivity index (χ0) is 36.1. The first-order valence-electron chi connectivity index (χ1n) is 16.7. The first-order chi connectivity index (χ1) is 23.5. The average molecular weight is 690 g/mol. The van der Waals surface area contributed by atoms with Crippen molar-refractivity contribution >= 4 is 46.2 Å². The minimum Gasteiger partial charge on any atom is -0.444 e. The molecule has 0 bridgehead atoms. The van der Waals surface area contributed by atoms with Crippen molar-refractivity contribution in [2.45, 2.75) is 98.7 Å². The van der Waals surface area contributed by atoms with E-state index in [4.69, 9.17) is 9.47 Å². The number of rotatable bonds is 5. The molecule has 0 unspecified atom stereocenters. The van der Waals surface area contributed by atoms with Crippen molar-refractivity contribution in [3.63, 3.8) is 0 Å². The van der Waals surface area contributed by atoms with Gasteiger partial charge in [-0.05, 0) is 72.9 Å². The summed E-state index contributed by atoms with van der Waals surface area (Å²) in [5.41, 5.74) is 0.0675. The van der Waals surface area contributed by atoms with Gasteiger partial charge in [0.2, 0.25) is 5.91 Å². The fraction of sp³-hybridized carbons (Fsp3) is 0.486. The molecule has 0 radical (unpaired) electrons. The number of imidazole rings is 1. The maximum Gasteiger partial charge on any atom is 0.412 e. The highest BCUT2D eigenvalue weighted by Crippen LogP contribution is 2.37. The van der Waals surface area contributed by atoms with Gasteiger partial charge in [0.1, 0.15) is 29.4 Å². The number of carbonyl (C=O) groups is 3. The number of nitrogens with zero attached hydrogens (tertiary/aromatic N) is 7. The maximum atomic E-state index is 16.6. The molecule has 2 aliphatic rings. The van der Waals surface area contributed by atoms with Gasteiger partial charge in [0.25, 0.3) is 0 Å². The number of amides is 3. The van der Waals surface area contributed by atoms with Crippen molar-refractivity contribution in [3.8, 4) is 11.3 Å². The maximum absolute atomic E-state index is 16.6. The third-order valence-electron chi connectivity index (χ3n) is 8.34. The van der Waals surface area contributed by atoms with Crippen LogP contribution in [0.15, 0.2) is 30.6 Å². The van der Waals surface area contributed by atoms with E-state index in [2.05, 4.69) is 25.7 Å². The third-order valence-corrected chi connectivity index (χ3v) is 8.34. The molecule has 0 atom stereocenters. The summed E-state index contributed by atoms with van der Waals surface area (Å²) < 4.78 is 31.1.